The van der Waals surface area contributed by atoms with E-state index < -0.39 is 5.41 Å². The van der Waals surface area contributed by atoms with Gasteiger partial charge in [-0.15, -0.1) is 0 Å². The summed E-state index contributed by atoms with van der Waals surface area (Å²) in [7, 11) is 0. The molecule has 5 heteroatoms. The number of nitrogens with zero attached hydrogens (tertiary/aromatic N) is 3. The first-order chi connectivity index (χ1) is 16.6. The standard InChI is InChI=1S/C29H33N3O2/c1-22(33)31-15-16-32(28(34)29(13-7-8-14-29)26-10-3-2-4-11-26)21-23(20-31)17-25-19-30-18-24-9-5-6-12-27(24)25/h2-6,9-12,18-19,23H,7-8,13-17,20-21H2,1H3/t23-/m0/s1. The van der Waals surface area contributed by atoms with Crippen LogP contribution in [0.4, 0.5) is 0 Å². The second-order valence-corrected chi connectivity index (χ2v) is 9.96. The average Bonchev–Trinajstić information content (AvgIpc) is 3.27. The molecule has 0 bridgehead atoms. The van der Waals surface area contributed by atoms with Crippen LogP contribution in [0.15, 0.2) is 67.0 Å². The summed E-state index contributed by atoms with van der Waals surface area (Å²) in [6, 6.07) is 18.6. The zero-order valence-corrected chi connectivity index (χ0v) is 20.0. The van der Waals surface area contributed by atoms with Gasteiger partial charge in [-0.1, -0.05) is 67.4 Å². The molecule has 0 unspecified atom stereocenters. The highest BCUT2D eigenvalue weighted by Crippen LogP contribution is 2.43. The third kappa shape index (κ3) is 4.31. The topological polar surface area (TPSA) is 53.5 Å². The summed E-state index contributed by atoms with van der Waals surface area (Å²) in [5.41, 5.74) is 1.89. The van der Waals surface area contributed by atoms with Gasteiger partial charge in [0.05, 0.1) is 5.41 Å². The number of amides is 2. The number of rotatable bonds is 4. The van der Waals surface area contributed by atoms with Gasteiger partial charge >= 0.3 is 0 Å². The number of fused-ring (bicyclic) bond motifs is 1. The van der Waals surface area contributed by atoms with Crippen LogP contribution >= 0.6 is 0 Å². The first kappa shape index (κ1) is 22.6. The van der Waals surface area contributed by atoms with Crippen molar-refractivity contribution in [1.29, 1.82) is 0 Å². The monoisotopic (exact) mass is 455 g/mol. The Kier molecular flexibility index (Phi) is 6.36. The van der Waals surface area contributed by atoms with E-state index in [2.05, 4.69) is 40.2 Å². The Morgan fingerprint density at radius 1 is 0.912 bits per heavy atom. The first-order valence-electron chi connectivity index (χ1n) is 12.5. The summed E-state index contributed by atoms with van der Waals surface area (Å²) in [5.74, 6) is 0.480. The van der Waals surface area contributed by atoms with E-state index in [1.165, 1.54) is 10.9 Å². The van der Waals surface area contributed by atoms with Crippen LogP contribution in [0.5, 0.6) is 0 Å². The summed E-state index contributed by atoms with van der Waals surface area (Å²) in [6.07, 6.45) is 8.60. The van der Waals surface area contributed by atoms with Gasteiger partial charge in [-0.3, -0.25) is 14.6 Å². The van der Waals surface area contributed by atoms with Gasteiger partial charge in [0.1, 0.15) is 0 Å². The fourth-order valence-electron chi connectivity index (χ4n) is 6.02. The van der Waals surface area contributed by atoms with Crippen LogP contribution in [0, 0.1) is 5.92 Å². The molecule has 1 aliphatic heterocycles. The highest BCUT2D eigenvalue weighted by atomic mass is 16.2. The Bertz CT molecular complexity index is 1160. The lowest BCUT2D eigenvalue weighted by molar-refractivity contribution is -0.138. The maximum Gasteiger partial charge on any atom is 0.233 e. The molecule has 1 saturated carbocycles. The Morgan fingerprint density at radius 2 is 1.59 bits per heavy atom. The number of benzene rings is 2. The fraction of sp³-hybridized carbons (Fsp3) is 0.414. The van der Waals surface area contributed by atoms with Crippen molar-refractivity contribution in [2.75, 3.05) is 26.2 Å². The summed E-state index contributed by atoms with van der Waals surface area (Å²) in [4.78, 5) is 35.0. The van der Waals surface area contributed by atoms with Crippen molar-refractivity contribution >= 4 is 22.6 Å². The lowest BCUT2D eigenvalue weighted by Crippen LogP contribution is -2.48. The largest absolute Gasteiger partial charge is 0.341 e. The van der Waals surface area contributed by atoms with Crippen molar-refractivity contribution in [3.63, 3.8) is 0 Å². The molecule has 2 heterocycles. The molecule has 2 aliphatic rings. The van der Waals surface area contributed by atoms with E-state index in [0.29, 0.717) is 26.2 Å². The highest BCUT2D eigenvalue weighted by Gasteiger charge is 2.45. The van der Waals surface area contributed by atoms with Crippen molar-refractivity contribution in [2.24, 2.45) is 5.92 Å². The highest BCUT2D eigenvalue weighted by molar-refractivity contribution is 5.89. The summed E-state index contributed by atoms with van der Waals surface area (Å²) in [5, 5.41) is 2.32. The number of hydrogen-bond acceptors (Lipinski definition) is 3. The number of carbonyl (C=O) groups excluding carboxylic acids is 2. The zero-order chi connectivity index (χ0) is 23.5. The maximum absolute atomic E-state index is 14.2. The Balaban J connectivity index is 1.45. The SMILES string of the molecule is CC(=O)N1CCN(C(=O)C2(c3ccccc3)CCCC2)C[C@@H](Cc2cncc3ccccc23)C1. The molecule has 0 N–H and O–H groups in total. The fourth-order valence-corrected chi connectivity index (χ4v) is 6.02. The normalized spacial score (nSPS) is 20.3. The third-order valence-electron chi connectivity index (χ3n) is 7.78. The van der Waals surface area contributed by atoms with Crippen LogP contribution in [0.2, 0.25) is 0 Å². The van der Waals surface area contributed by atoms with E-state index >= 15 is 0 Å². The summed E-state index contributed by atoms with van der Waals surface area (Å²) >= 11 is 0. The molecule has 1 atom stereocenters. The van der Waals surface area contributed by atoms with Crippen molar-refractivity contribution < 1.29 is 9.59 Å². The van der Waals surface area contributed by atoms with Crippen molar-refractivity contribution in [3.8, 4) is 0 Å². The molecule has 0 spiro atoms. The van der Waals surface area contributed by atoms with E-state index in [1.807, 2.05) is 41.6 Å². The number of aromatic nitrogens is 1. The molecule has 0 radical (unpaired) electrons. The van der Waals surface area contributed by atoms with E-state index in [9.17, 15) is 9.59 Å². The number of hydrogen-bond donors (Lipinski definition) is 0. The Hall–Kier alpha value is -3.21. The average molecular weight is 456 g/mol. The molecule has 34 heavy (non-hydrogen) atoms. The van der Waals surface area contributed by atoms with Gasteiger partial charge in [-0.2, -0.15) is 0 Å². The number of carbonyl (C=O) groups is 2. The van der Waals surface area contributed by atoms with Gasteiger partial charge in [-0.05, 0) is 41.7 Å². The molecular formula is C29H33N3O2. The molecule has 176 valence electrons. The minimum atomic E-state index is -0.432. The zero-order valence-electron chi connectivity index (χ0n) is 20.0. The van der Waals surface area contributed by atoms with Crippen LogP contribution in [0.3, 0.4) is 0 Å². The van der Waals surface area contributed by atoms with Crippen molar-refractivity contribution in [2.45, 2.75) is 44.4 Å². The van der Waals surface area contributed by atoms with Crippen molar-refractivity contribution in [1.82, 2.24) is 14.8 Å². The molecule has 3 aromatic rings. The van der Waals surface area contributed by atoms with Crippen LogP contribution in [0.25, 0.3) is 10.8 Å². The lowest BCUT2D eigenvalue weighted by atomic mass is 9.77. The van der Waals surface area contributed by atoms with Gasteiger partial charge in [0.15, 0.2) is 0 Å². The van der Waals surface area contributed by atoms with Crippen LogP contribution in [-0.4, -0.2) is 52.8 Å². The second kappa shape index (κ2) is 9.57. The van der Waals surface area contributed by atoms with Gasteiger partial charge in [0, 0.05) is 50.9 Å². The van der Waals surface area contributed by atoms with Crippen LogP contribution in [0.1, 0.15) is 43.7 Å². The molecular weight excluding hydrogens is 422 g/mol. The van der Waals surface area contributed by atoms with Gasteiger partial charge in [0.2, 0.25) is 11.8 Å². The van der Waals surface area contributed by atoms with Crippen LogP contribution < -0.4 is 0 Å². The van der Waals surface area contributed by atoms with E-state index in [-0.39, 0.29) is 17.7 Å². The maximum atomic E-state index is 14.2. The third-order valence-corrected chi connectivity index (χ3v) is 7.78. The Labute approximate surface area is 201 Å². The molecule has 1 aromatic heterocycles. The number of pyridine rings is 1. The molecule has 2 amide bonds. The van der Waals surface area contributed by atoms with E-state index in [0.717, 1.165) is 43.1 Å². The molecule has 1 saturated heterocycles. The first-order valence-corrected chi connectivity index (χ1v) is 12.5. The predicted octanol–water partition coefficient (Wildman–Crippen LogP) is 4.60. The quantitative estimate of drug-likeness (QED) is 0.578. The molecule has 5 rings (SSSR count). The molecule has 1 aliphatic carbocycles. The van der Waals surface area contributed by atoms with E-state index in [4.69, 9.17) is 0 Å². The van der Waals surface area contributed by atoms with E-state index in [1.54, 1.807) is 6.92 Å². The van der Waals surface area contributed by atoms with Crippen LogP contribution in [-0.2, 0) is 21.4 Å². The minimum Gasteiger partial charge on any atom is -0.341 e. The van der Waals surface area contributed by atoms with Crippen molar-refractivity contribution in [3.05, 3.63) is 78.1 Å². The summed E-state index contributed by atoms with van der Waals surface area (Å²) < 4.78 is 0. The molecule has 2 fully saturated rings. The predicted molar refractivity (Wildman–Crippen MR) is 134 cm³/mol. The molecule has 2 aromatic carbocycles. The second-order valence-electron chi connectivity index (χ2n) is 9.96. The minimum absolute atomic E-state index is 0.0778. The molecule has 5 nitrogen and oxygen atoms in total. The van der Waals surface area contributed by atoms with Gasteiger partial charge in [-0.25, -0.2) is 0 Å². The Morgan fingerprint density at radius 3 is 2.35 bits per heavy atom. The smallest absolute Gasteiger partial charge is 0.233 e. The lowest BCUT2D eigenvalue weighted by Gasteiger charge is -2.35. The van der Waals surface area contributed by atoms with Gasteiger partial charge in [0.25, 0.3) is 0 Å². The van der Waals surface area contributed by atoms with Gasteiger partial charge < -0.3 is 9.80 Å². The summed E-state index contributed by atoms with van der Waals surface area (Å²) in [6.45, 7) is 4.16.